The Labute approximate surface area is 77.0 Å². The van der Waals surface area contributed by atoms with Gasteiger partial charge < -0.3 is 10.2 Å². The molecule has 0 heterocycles. The highest BCUT2D eigenvalue weighted by Gasteiger charge is 1.90. The van der Waals surface area contributed by atoms with Crippen LogP contribution < -0.4 is 0 Å². The molecule has 0 radical (unpaired) electrons. The molecule has 0 saturated carbocycles. The smallest absolute Gasteiger partial charge is 0.330 e. The van der Waals surface area contributed by atoms with Crippen LogP contribution in [0.1, 0.15) is 6.92 Å². The largest absolute Gasteiger partial charge is 0.478 e. The molecule has 3 nitrogen and oxygen atoms in total. The Bertz CT molecular complexity index is 146. The van der Waals surface area contributed by atoms with Crippen LogP contribution in [-0.2, 0) is 4.79 Å². The Morgan fingerprint density at radius 3 is 2.08 bits per heavy atom. The summed E-state index contributed by atoms with van der Waals surface area (Å²) in [6.07, 6.45) is 3.30. The van der Waals surface area contributed by atoms with Crippen LogP contribution in [0.3, 0.4) is 0 Å². The van der Waals surface area contributed by atoms with Gasteiger partial charge in [0.25, 0.3) is 0 Å². The molecule has 0 amide bonds. The van der Waals surface area contributed by atoms with E-state index in [0.29, 0.717) is 5.88 Å². The number of aliphatic hydroxyl groups excluding tert-OH is 1. The number of hydrogen-bond donors (Lipinski definition) is 2. The number of aliphatic hydroxyl groups is 1. The molecule has 12 heavy (non-hydrogen) atoms. The summed E-state index contributed by atoms with van der Waals surface area (Å²) in [5.74, 6) is -0.449. The van der Waals surface area contributed by atoms with Gasteiger partial charge in [-0.1, -0.05) is 18.7 Å². The summed E-state index contributed by atoms with van der Waals surface area (Å²) in [6.45, 7) is 4.69. The third-order valence-corrected chi connectivity index (χ3v) is 0.904. The van der Waals surface area contributed by atoms with E-state index in [9.17, 15) is 4.79 Å². The molecule has 0 unspecified atom stereocenters. The lowest BCUT2D eigenvalue weighted by Gasteiger charge is -1.79. The van der Waals surface area contributed by atoms with Gasteiger partial charge in [0, 0.05) is 11.5 Å². The maximum Gasteiger partial charge on any atom is 0.330 e. The van der Waals surface area contributed by atoms with E-state index in [1.165, 1.54) is 6.92 Å². The molecule has 0 aliphatic rings. The van der Waals surface area contributed by atoms with Gasteiger partial charge >= 0.3 is 5.97 Å². The van der Waals surface area contributed by atoms with Crippen LogP contribution in [0.15, 0.2) is 24.3 Å². The summed E-state index contributed by atoms with van der Waals surface area (Å²) in [6, 6.07) is 0. The third kappa shape index (κ3) is 16.1. The summed E-state index contributed by atoms with van der Waals surface area (Å²) < 4.78 is 0. The lowest BCUT2D eigenvalue weighted by molar-refractivity contribution is -0.132. The van der Waals surface area contributed by atoms with E-state index in [1.807, 2.05) is 0 Å². The molecule has 2 N–H and O–H groups in total. The quantitative estimate of drug-likeness (QED) is 0.404. The predicted octanol–water partition coefficient (Wildman–Crippen LogP) is 1.42. The van der Waals surface area contributed by atoms with Crippen LogP contribution in [-0.4, -0.2) is 28.7 Å². The van der Waals surface area contributed by atoms with Gasteiger partial charge in [-0.15, -0.1) is 11.6 Å². The highest BCUT2D eigenvalue weighted by Crippen LogP contribution is 1.81. The van der Waals surface area contributed by atoms with Crippen molar-refractivity contribution in [1.82, 2.24) is 0 Å². The van der Waals surface area contributed by atoms with Crippen molar-refractivity contribution in [2.75, 3.05) is 12.5 Å². The molecule has 0 aromatic carbocycles. The van der Waals surface area contributed by atoms with Crippen molar-refractivity contribution >= 4 is 17.6 Å². The molecule has 0 aliphatic carbocycles. The molecule has 0 aliphatic heterocycles. The minimum absolute atomic E-state index is 0.0900. The third-order valence-electron chi connectivity index (χ3n) is 0.726. The first-order valence-electron chi connectivity index (χ1n) is 3.26. The normalized spacial score (nSPS) is 8.92. The Kier molecular flexibility index (Phi) is 11.7. The van der Waals surface area contributed by atoms with Crippen molar-refractivity contribution in [3.63, 3.8) is 0 Å². The van der Waals surface area contributed by atoms with E-state index in [0.717, 1.165) is 0 Å². The number of alkyl halides is 1. The highest BCUT2D eigenvalue weighted by atomic mass is 35.5. The second-order valence-corrected chi connectivity index (χ2v) is 2.20. The molecule has 0 aromatic heterocycles. The van der Waals surface area contributed by atoms with Crippen LogP contribution in [0.2, 0.25) is 0 Å². The van der Waals surface area contributed by atoms with Gasteiger partial charge in [-0.2, -0.15) is 0 Å². The van der Waals surface area contributed by atoms with Gasteiger partial charge in [0.15, 0.2) is 0 Å². The summed E-state index contributed by atoms with van der Waals surface area (Å²) in [5.41, 5.74) is 0.176. The van der Waals surface area contributed by atoms with Gasteiger partial charge in [-0.3, -0.25) is 0 Å². The SMILES string of the molecule is C=C(C)C(=O)O.OCC=CCCl. The summed E-state index contributed by atoms with van der Waals surface area (Å²) in [5, 5.41) is 15.9. The lowest BCUT2D eigenvalue weighted by atomic mass is 10.4. The zero-order valence-corrected chi connectivity index (χ0v) is 7.71. The van der Waals surface area contributed by atoms with Crippen LogP contribution in [0.4, 0.5) is 0 Å². The van der Waals surface area contributed by atoms with Crippen molar-refractivity contribution in [3.05, 3.63) is 24.3 Å². The Morgan fingerprint density at radius 1 is 1.58 bits per heavy atom. The molecule has 0 bridgehead atoms. The highest BCUT2D eigenvalue weighted by molar-refractivity contribution is 6.18. The van der Waals surface area contributed by atoms with E-state index in [2.05, 4.69) is 6.58 Å². The van der Waals surface area contributed by atoms with Crippen molar-refractivity contribution in [3.8, 4) is 0 Å². The molecule has 0 atom stereocenters. The van der Waals surface area contributed by atoms with E-state index in [1.54, 1.807) is 12.2 Å². The van der Waals surface area contributed by atoms with E-state index in [-0.39, 0.29) is 12.2 Å². The van der Waals surface area contributed by atoms with Crippen LogP contribution in [0.5, 0.6) is 0 Å². The van der Waals surface area contributed by atoms with Crippen LogP contribution in [0.25, 0.3) is 0 Å². The van der Waals surface area contributed by atoms with E-state index < -0.39 is 5.97 Å². The molecule has 0 aromatic rings. The molecule has 0 spiro atoms. The predicted molar refractivity (Wildman–Crippen MR) is 49.4 cm³/mol. The standard InChI is InChI=1S/C4H7ClO.C4H6O2/c5-3-1-2-4-6;1-3(2)4(5)6/h1-2,6H,3-4H2;1H2,2H3,(H,5,6). The summed E-state index contributed by atoms with van der Waals surface area (Å²) in [4.78, 5) is 9.60. The average molecular weight is 193 g/mol. The minimum atomic E-state index is -0.935. The number of rotatable bonds is 3. The number of allylic oxidation sites excluding steroid dienone is 1. The fourth-order valence-electron chi connectivity index (χ4n) is 0.138. The van der Waals surface area contributed by atoms with Crippen LogP contribution >= 0.6 is 11.6 Å². The van der Waals surface area contributed by atoms with Gasteiger partial charge in [0.2, 0.25) is 0 Å². The monoisotopic (exact) mass is 192 g/mol. The first kappa shape index (κ1) is 13.8. The van der Waals surface area contributed by atoms with Crippen LogP contribution in [0, 0.1) is 0 Å². The maximum absolute atomic E-state index is 9.60. The molecule has 0 rings (SSSR count). The van der Waals surface area contributed by atoms with Gasteiger partial charge in [0.05, 0.1) is 6.61 Å². The molecule has 4 heteroatoms. The summed E-state index contributed by atoms with van der Waals surface area (Å²) in [7, 11) is 0. The average Bonchev–Trinajstić information content (AvgIpc) is 2.02. The number of carboxylic acids is 1. The Morgan fingerprint density at radius 2 is 2.00 bits per heavy atom. The second-order valence-electron chi connectivity index (χ2n) is 1.89. The number of hydrogen-bond acceptors (Lipinski definition) is 2. The Hall–Kier alpha value is -0.800. The fourth-order valence-corrected chi connectivity index (χ4v) is 0.264. The lowest BCUT2D eigenvalue weighted by Crippen LogP contribution is -1.92. The van der Waals surface area contributed by atoms with Crippen molar-refractivity contribution in [1.29, 1.82) is 0 Å². The number of aliphatic carboxylic acids is 1. The first-order valence-corrected chi connectivity index (χ1v) is 3.80. The maximum atomic E-state index is 9.60. The van der Waals surface area contributed by atoms with Crippen molar-refractivity contribution in [2.24, 2.45) is 0 Å². The second kappa shape index (κ2) is 10.2. The Balaban J connectivity index is 0. The van der Waals surface area contributed by atoms with Crippen molar-refractivity contribution in [2.45, 2.75) is 6.92 Å². The minimum Gasteiger partial charge on any atom is -0.478 e. The molecular weight excluding hydrogens is 180 g/mol. The molecule has 70 valence electrons. The van der Waals surface area contributed by atoms with E-state index in [4.69, 9.17) is 21.8 Å². The topological polar surface area (TPSA) is 57.5 Å². The summed E-state index contributed by atoms with van der Waals surface area (Å²) >= 11 is 5.18. The van der Waals surface area contributed by atoms with Gasteiger partial charge in [-0.05, 0) is 6.92 Å². The van der Waals surface area contributed by atoms with Gasteiger partial charge in [0.1, 0.15) is 0 Å². The molecule has 0 fully saturated rings. The first-order chi connectivity index (χ1) is 5.56. The number of halogens is 1. The van der Waals surface area contributed by atoms with E-state index >= 15 is 0 Å². The number of carboxylic acid groups (broad SMARTS) is 1. The van der Waals surface area contributed by atoms with Crippen molar-refractivity contribution < 1.29 is 15.0 Å². The zero-order valence-electron chi connectivity index (χ0n) is 6.96. The molecular formula is C8H13ClO3. The zero-order chi connectivity index (χ0) is 9.98. The number of carbonyl (C=O) groups is 1. The molecule has 0 saturated heterocycles. The fraction of sp³-hybridized carbons (Fsp3) is 0.375. The van der Waals surface area contributed by atoms with Gasteiger partial charge in [-0.25, -0.2) is 4.79 Å².